The Hall–Kier alpha value is -0.0800. The van der Waals surface area contributed by atoms with Gasteiger partial charge in [0.15, 0.2) is 6.29 Å². The van der Waals surface area contributed by atoms with Crippen molar-refractivity contribution in [3.63, 3.8) is 0 Å². The zero-order valence-electron chi connectivity index (χ0n) is 7.58. The van der Waals surface area contributed by atoms with Crippen molar-refractivity contribution in [2.45, 2.75) is 52.2 Å². The normalized spacial score (nSPS) is 19.4. The Morgan fingerprint density at radius 2 is 1.45 bits per heavy atom. The lowest BCUT2D eigenvalue weighted by Gasteiger charge is -2.22. The lowest BCUT2D eigenvalue weighted by atomic mass is 9.89. The van der Waals surface area contributed by atoms with E-state index < -0.39 is 6.29 Å². The minimum absolute atomic E-state index is 0.166. The van der Waals surface area contributed by atoms with E-state index in [4.69, 9.17) is 10.2 Å². The van der Waals surface area contributed by atoms with Crippen LogP contribution in [0.25, 0.3) is 0 Å². The summed E-state index contributed by atoms with van der Waals surface area (Å²) >= 11 is 0. The second kappa shape index (κ2) is 6.62. The van der Waals surface area contributed by atoms with Gasteiger partial charge in [-0.05, 0) is 12.8 Å². The van der Waals surface area contributed by atoms with Crippen molar-refractivity contribution in [1.82, 2.24) is 0 Å². The maximum atomic E-state index is 8.73. The fourth-order valence-electron chi connectivity index (χ4n) is 1.43. The number of aliphatic hydroxyl groups excluding tert-OH is 1. The minimum atomic E-state index is -1.06. The van der Waals surface area contributed by atoms with Crippen LogP contribution in [0.5, 0.6) is 0 Å². The molecular weight excluding hydrogens is 140 g/mol. The highest BCUT2D eigenvalue weighted by atomic mass is 16.5. The lowest BCUT2D eigenvalue weighted by Crippen LogP contribution is -2.21. The van der Waals surface area contributed by atoms with Crippen molar-refractivity contribution >= 4 is 0 Å². The Balaban J connectivity index is 0.000000461. The zero-order valence-corrected chi connectivity index (χ0v) is 7.58. The number of aliphatic hydroxyl groups is 2. The van der Waals surface area contributed by atoms with Crippen LogP contribution in [0, 0.1) is 5.92 Å². The van der Waals surface area contributed by atoms with Crippen LogP contribution in [0.3, 0.4) is 0 Å². The summed E-state index contributed by atoms with van der Waals surface area (Å²) in [5, 5.41) is 17.5. The van der Waals surface area contributed by atoms with Gasteiger partial charge in [-0.15, -0.1) is 0 Å². The van der Waals surface area contributed by atoms with Gasteiger partial charge >= 0.3 is 0 Å². The third-order valence-corrected chi connectivity index (χ3v) is 2.07. The van der Waals surface area contributed by atoms with Gasteiger partial charge < -0.3 is 10.2 Å². The molecular formula is C9H20O2. The molecule has 0 saturated heterocycles. The first-order valence-corrected chi connectivity index (χ1v) is 4.67. The van der Waals surface area contributed by atoms with E-state index in [9.17, 15) is 0 Å². The van der Waals surface area contributed by atoms with Crippen molar-refractivity contribution in [3.8, 4) is 0 Å². The van der Waals surface area contributed by atoms with E-state index >= 15 is 0 Å². The van der Waals surface area contributed by atoms with Crippen LogP contribution in [-0.4, -0.2) is 16.5 Å². The molecule has 1 aliphatic carbocycles. The zero-order chi connectivity index (χ0) is 8.69. The Morgan fingerprint density at radius 1 is 1.00 bits per heavy atom. The standard InChI is InChI=1S/C7H14O2.C2H6/c8-7(9)6-4-2-1-3-5-6;1-2/h6-9H,1-5H2;1-2H3. The molecule has 0 aliphatic heterocycles. The summed E-state index contributed by atoms with van der Waals surface area (Å²) < 4.78 is 0. The third kappa shape index (κ3) is 4.38. The Labute approximate surface area is 69.2 Å². The van der Waals surface area contributed by atoms with Gasteiger partial charge in [-0.1, -0.05) is 33.1 Å². The van der Waals surface area contributed by atoms with Gasteiger partial charge in [-0.2, -0.15) is 0 Å². The van der Waals surface area contributed by atoms with Crippen LogP contribution in [0.1, 0.15) is 46.0 Å². The summed E-state index contributed by atoms with van der Waals surface area (Å²) in [4.78, 5) is 0. The van der Waals surface area contributed by atoms with Crippen molar-refractivity contribution in [2.75, 3.05) is 0 Å². The predicted molar refractivity (Wildman–Crippen MR) is 46.1 cm³/mol. The van der Waals surface area contributed by atoms with E-state index in [0.717, 1.165) is 12.8 Å². The van der Waals surface area contributed by atoms with Crippen molar-refractivity contribution < 1.29 is 10.2 Å². The molecule has 0 atom stereocenters. The van der Waals surface area contributed by atoms with Gasteiger partial charge in [0, 0.05) is 5.92 Å². The predicted octanol–water partition coefficient (Wildman–Crippen LogP) is 1.90. The minimum Gasteiger partial charge on any atom is -0.368 e. The molecule has 0 aromatic rings. The van der Waals surface area contributed by atoms with Crippen LogP contribution >= 0.6 is 0 Å². The quantitative estimate of drug-likeness (QED) is 0.575. The van der Waals surface area contributed by atoms with E-state index in [1.165, 1.54) is 19.3 Å². The first kappa shape index (κ1) is 10.9. The Morgan fingerprint density at radius 3 is 1.73 bits per heavy atom. The second-order valence-electron chi connectivity index (χ2n) is 2.81. The van der Waals surface area contributed by atoms with E-state index in [0.29, 0.717) is 0 Å². The summed E-state index contributed by atoms with van der Waals surface area (Å²) in [5.74, 6) is 0.166. The van der Waals surface area contributed by atoms with Crippen molar-refractivity contribution in [1.29, 1.82) is 0 Å². The molecule has 2 N–H and O–H groups in total. The van der Waals surface area contributed by atoms with Crippen LogP contribution in [0.15, 0.2) is 0 Å². The molecule has 0 bridgehead atoms. The largest absolute Gasteiger partial charge is 0.368 e. The molecule has 0 amide bonds. The van der Waals surface area contributed by atoms with Crippen LogP contribution in [0.2, 0.25) is 0 Å². The maximum absolute atomic E-state index is 8.73. The molecule has 2 nitrogen and oxygen atoms in total. The van der Waals surface area contributed by atoms with E-state index in [1.807, 2.05) is 13.8 Å². The average molecular weight is 160 g/mol. The summed E-state index contributed by atoms with van der Waals surface area (Å²) in [6, 6.07) is 0. The molecule has 1 fully saturated rings. The summed E-state index contributed by atoms with van der Waals surface area (Å²) in [6.07, 6.45) is 4.54. The van der Waals surface area contributed by atoms with E-state index in [2.05, 4.69) is 0 Å². The van der Waals surface area contributed by atoms with Gasteiger partial charge in [-0.25, -0.2) is 0 Å². The van der Waals surface area contributed by atoms with E-state index in [1.54, 1.807) is 0 Å². The number of hydrogen-bond donors (Lipinski definition) is 2. The monoisotopic (exact) mass is 160 g/mol. The highest BCUT2D eigenvalue weighted by Crippen LogP contribution is 2.25. The molecule has 1 aliphatic rings. The van der Waals surface area contributed by atoms with E-state index in [-0.39, 0.29) is 5.92 Å². The highest BCUT2D eigenvalue weighted by Gasteiger charge is 2.18. The summed E-state index contributed by atoms with van der Waals surface area (Å²) in [6.45, 7) is 4.00. The maximum Gasteiger partial charge on any atom is 0.154 e. The van der Waals surface area contributed by atoms with Crippen LogP contribution in [-0.2, 0) is 0 Å². The Kier molecular flexibility index (Phi) is 6.57. The molecule has 11 heavy (non-hydrogen) atoms. The summed E-state index contributed by atoms with van der Waals surface area (Å²) in [7, 11) is 0. The molecule has 2 heteroatoms. The van der Waals surface area contributed by atoms with Crippen molar-refractivity contribution in [2.24, 2.45) is 5.92 Å². The molecule has 68 valence electrons. The number of hydrogen-bond acceptors (Lipinski definition) is 2. The van der Waals surface area contributed by atoms with Gasteiger partial charge in [0.1, 0.15) is 0 Å². The molecule has 0 aromatic heterocycles. The third-order valence-electron chi connectivity index (χ3n) is 2.07. The molecule has 0 unspecified atom stereocenters. The Bertz CT molecular complexity index is 75.6. The number of rotatable bonds is 1. The smallest absolute Gasteiger partial charge is 0.154 e. The molecule has 0 heterocycles. The van der Waals surface area contributed by atoms with Gasteiger partial charge in [-0.3, -0.25) is 0 Å². The molecule has 0 radical (unpaired) electrons. The van der Waals surface area contributed by atoms with Crippen LogP contribution < -0.4 is 0 Å². The van der Waals surface area contributed by atoms with Crippen molar-refractivity contribution in [3.05, 3.63) is 0 Å². The summed E-state index contributed by atoms with van der Waals surface area (Å²) in [5.41, 5.74) is 0. The van der Waals surface area contributed by atoms with Crippen LogP contribution in [0.4, 0.5) is 0 Å². The van der Waals surface area contributed by atoms with Gasteiger partial charge in [0.25, 0.3) is 0 Å². The fraction of sp³-hybridized carbons (Fsp3) is 1.00. The first-order valence-electron chi connectivity index (χ1n) is 4.67. The SMILES string of the molecule is CC.OC(O)C1CCCCC1. The first-order chi connectivity index (χ1) is 5.30. The lowest BCUT2D eigenvalue weighted by molar-refractivity contribution is -0.0925. The molecule has 1 saturated carbocycles. The molecule has 0 spiro atoms. The highest BCUT2D eigenvalue weighted by molar-refractivity contribution is 4.66. The fourth-order valence-corrected chi connectivity index (χ4v) is 1.43. The molecule has 1 rings (SSSR count). The van der Waals surface area contributed by atoms with Gasteiger partial charge in [0.05, 0.1) is 0 Å². The van der Waals surface area contributed by atoms with Gasteiger partial charge in [0.2, 0.25) is 0 Å². The topological polar surface area (TPSA) is 40.5 Å². The average Bonchev–Trinajstić information content (AvgIpc) is 2.10. The molecule has 0 aromatic carbocycles. The second-order valence-corrected chi connectivity index (χ2v) is 2.81.